The number of aromatic nitrogens is 2. The number of nitrogens with two attached hydrogens (primary N) is 1. The zero-order valence-electron chi connectivity index (χ0n) is 14.6. The second-order valence-electron chi connectivity index (χ2n) is 6.73. The molecule has 9 nitrogen and oxygen atoms in total. The fourth-order valence-corrected chi connectivity index (χ4v) is 3.34. The molecule has 3 heterocycles. The smallest absolute Gasteiger partial charge is 0.341 e. The fourth-order valence-electron chi connectivity index (χ4n) is 3.34. The molecule has 27 heavy (non-hydrogen) atoms. The Kier molecular flexibility index (Phi) is 4.06. The number of pyridine rings is 2. The van der Waals surface area contributed by atoms with Gasteiger partial charge in [-0.05, 0) is 18.9 Å². The molecule has 1 atom stereocenters. The summed E-state index contributed by atoms with van der Waals surface area (Å²) in [6, 6.07) is 0.702. The summed E-state index contributed by atoms with van der Waals surface area (Å²) in [6.07, 6.45) is 3.00. The minimum absolute atomic E-state index is 0.0441. The molecule has 0 amide bonds. The number of hydrogen-bond donors (Lipinski definition) is 2. The quantitative estimate of drug-likeness (QED) is 0.755. The molecule has 2 aromatic heterocycles. The van der Waals surface area contributed by atoms with Gasteiger partial charge in [-0.3, -0.25) is 4.79 Å². The van der Waals surface area contributed by atoms with Crippen LogP contribution in [-0.4, -0.2) is 52.6 Å². The lowest BCUT2D eigenvalue weighted by Gasteiger charge is -2.19. The molecule has 1 aliphatic heterocycles. The van der Waals surface area contributed by atoms with Gasteiger partial charge in [-0.25, -0.2) is 14.2 Å². The average molecular weight is 375 g/mol. The molecule has 10 heteroatoms. The van der Waals surface area contributed by atoms with Crippen LogP contribution in [0.1, 0.15) is 29.2 Å². The van der Waals surface area contributed by atoms with Crippen LogP contribution in [0.5, 0.6) is 0 Å². The van der Waals surface area contributed by atoms with Crippen molar-refractivity contribution in [1.29, 1.82) is 0 Å². The minimum atomic E-state index is -1.34. The first-order chi connectivity index (χ1) is 12.9. The second-order valence-corrected chi connectivity index (χ2v) is 6.73. The van der Waals surface area contributed by atoms with Crippen LogP contribution < -0.4 is 16.1 Å². The Balaban J connectivity index is 1.88. The van der Waals surface area contributed by atoms with Gasteiger partial charge in [0.2, 0.25) is 5.43 Å². The number of oxime groups is 1. The molecule has 1 aliphatic carbocycles. The van der Waals surface area contributed by atoms with Gasteiger partial charge in [0, 0.05) is 18.8 Å². The Labute approximate surface area is 152 Å². The molecule has 1 saturated carbocycles. The Morgan fingerprint density at radius 2 is 2.22 bits per heavy atom. The van der Waals surface area contributed by atoms with Crippen molar-refractivity contribution in [2.75, 3.05) is 25.1 Å². The number of hydrogen-bond acceptors (Lipinski definition) is 7. The van der Waals surface area contributed by atoms with E-state index in [4.69, 9.17) is 10.6 Å². The lowest BCUT2D eigenvalue weighted by atomic mass is 10.2. The van der Waals surface area contributed by atoms with E-state index in [0.717, 1.165) is 18.9 Å². The van der Waals surface area contributed by atoms with Crippen LogP contribution in [-0.2, 0) is 4.84 Å². The molecule has 1 unspecified atom stereocenters. The highest BCUT2D eigenvalue weighted by Crippen LogP contribution is 2.37. The Bertz CT molecular complexity index is 1030. The SMILES string of the molecule is CO/N=C1\CN(c2nc3c(cc2F)c(=O)c(C(=O)O)cn3C2CC2)CC1N. The van der Waals surface area contributed by atoms with Crippen LogP contribution in [0.15, 0.2) is 22.2 Å². The van der Waals surface area contributed by atoms with E-state index < -0.39 is 23.3 Å². The fraction of sp³-hybridized carbons (Fsp3) is 0.412. The first-order valence-corrected chi connectivity index (χ1v) is 8.49. The molecular formula is C17H18FN5O4. The highest BCUT2D eigenvalue weighted by Gasteiger charge is 2.32. The van der Waals surface area contributed by atoms with Crippen LogP contribution in [0.25, 0.3) is 11.0 Å². The Hall–Kier alpha value is -3.01. The largest absolute Gasteiger partial charge is 0.477 e. The number of anilines is 1. The number of nitrogens with zero attached hydrogens (tertiary/aromatic N) is 4. The molecule has 2 fully saturated rings. The van der Waals surface area contributed by atoms with Crippen molar-refractivity contribution in [2.45, 2.75) is 24.9 Å². The van der Waals surface area contributed by atoms with E-state index in [-0.39, 0.29) is 35.0 Å². The third-order valence-electron chi connectivity index (χ3n) is 4.82. The van der Waals surface area contributed by atoms with Gasteiger partial charge in [-0.15, -0.1) is 0 Å². The van der Waals surface area contributed by atoms with Crippen LogP contribution in [0.3, 0.4) is 0 Å². The van der Waals surface area contributed by atoms with E-state index >= 15 is 0 Å². The third-order valence-corrected chi connectivity index (χ3v) is 4.82. The van der Waals surface area contributed by atoms with Gasteiger partial charge in [-0.2, -0.15) is 0 Å². The average Bonchev–Trinajstić information content (AvgIpc) is 3.39. The summed E-state index contributed by atoms with van der Waals surface area (Å²) in [5, 5.41) is 13.1. The summed E-state index contributed by atoms with van der Waals surface area (Å²) < 4.78 is 16.4. The van der Waals surface area contributed by atoms with Crippen molar-refractivity contribution >= 4 is 28.5 Å². The van der Waals surface area contributed by atoms with E-state index in [1.807, 2.05) is 0 Å². The molecule has 4 rings (SSSR count). The van der Waals surface area contributed by atoms with E-state index in [2.05, 4.69) is 10.1 Å². The molecule has 2 aliphatic rings. The molecule has 0 radical (unpaired) electrons. The Morgan fingerprint density at radius 3 is 2.85 bits per heavy atom. The maximum atomic E-state index is 14.8. The van der Waals surface area contributed by atoms with Gasteiger partial charge >= 0.3 is 5.97 Å². The van der Waals surface area contributed by atoms with Crippen LogP contribution in [0, 0.1) is 5.82 Å². The van der Waals surface area contributed by atoms with Crippen molar-refractivity contribution in [3.05, 3.63) is 33.9 Å². The van der Waals surface area contributed by atoms with Crippen molar-refractivity contribution < 1.29 is 19.1 Å². The van der Waals surface area contributed by atoms with Crippen molar-refractivity contribution in [3.63, 3.8) is 0 Å². The summed E-state index contributed by atoms with van der Waals surface area (Å²) in [4.78, 5) is 34.6. The summed E-state index contributed by atoms with van der Waals surface area (Å²) in [7, 11) is 1.41. The number of aromatic carboxylic acids is 1. The van der Waals surface area contributed by atoms with Gasteiger partial charge in [0.1, 0.15) is 18.3 Å². The summed E-state index contributed by atoms with van der Waals surface area (Å²) in [5.74, 6) is -2.00. The number of halogens is 1. The number of rotatable bonds is 4. The molecule has 0 aromatic carbocycles. The van der Waals surface area contributed by atoms with Crippen molar-refractivity contribution in [3.8, 4) is 0 Å². The highest BCUT2D eigenvalue weighted by atomic mass is 19.1. The minimum Gasteiger partial charge on any atom is -0.477 e. The Morgan fingerprint density at radius 1 is 1.48 bits per heavy atom. The maximum absolute atomic E-state index is 14.8. The lowest BCUT2D eigenvalue weighted by Crippen LogP contribution is -2.30. The van der Waals surface area contributed by atoms with Crippen LogP contribution >= 0.6 is 0 Å². The molecule has 0 spiro atoms. The van der Waals surface area contributed by atoms with Gasteiger partial charge in [0.25, 0.3) is 0 Å². The molecular weight excluding hydrogens is 357 g/mol. The molecule has 3 N–H and O–H groups in total. The van der Waals surface area contributed by atoms with Crippen molar-refractivity contribution in [1.82, 2.24) is 9.55 Å². The van der Waals surface area contributed by atoms with Gasteiger partial charge in [0.05, 0.1) is 23.7 Å². The summed E-state index contributed by atoms with van der Waals surface area (Å²) in [6.45, 7) is 0.559. The first kappa shape index (κ1) is 17.4. The van der Waals surface area contributed by atoms with E-state index in [1.165, 1.54) is 13.3 Å². The molecule has 0 bridgehead atoms. The molecule has 2 aromatic rings. The molecule has 142 valence electrons. The standard InChI is InChI=1S/C17H18FN5O4/c1-27-21-13-7-22(6-12(13)19)16-11(18)4-9-14(24)10(17(25)26)5-23(8-2-3-8)15(9)20-16/h4-5,8,12H,2-3,6-7,19H2,1H3,(H,25,26)/b21-13+. The van der Waals surface area contributed by atoms with E-state index in [9.17, 15) is 19.1 Å². The summed E-state index contributed by atoms with van der Waals surface area (Å²) in [5.41, 5.74) is 5.71. The third kappa shape index (κ3) is 2.91. The first-order valence-electron chi connectivity index (χ1n) is 8.49. The van der Waals surface area contributed by atoms with E-state index in [0.29, 0.717) is 12.3 Å². The maximum Gasteiger partial charge on any atom is 0.341 e. The molecule has 1 saturated heterocycles. The van der Waals surface area contributed by atoms with Gasteiger partial charge in [-0.1, -0.05) is 5.16 Å². The van der Waals surface area contributed by atoms with Crippen molar-refractivity contribution in [2.24, 2.45) is 10.9 Å². The lowest BCUT2D eigenvalue weighted by molar-refractivity contribution is 0.0695. The monoisotopic (exact) mass is 375 g/mol. The number of carboxylic acids is 1. The van der Waals surface area contributed by atoms with Crippen LogP contribution in [0.4, 0.5) is 10.2 Å². The predicted octanol–water partition coefficient (Wildman–Crippen LogP) is 0.718. The number of fused-ring (bicyclic) bond motifs is 1. The topological polar surface area (TPSA) is 123 Å². The highest BCUT2D eigenvalue weighted by molar-refractivity contribution is 5.97. The predicted molar refractivity (Wildman–Crippen MR) is 95.8 cm³/mol. The summed E-state index contributed by atoms with van der Waals surface area (Å²) >= 11 is 0. The second kappa shape index (κ2) is 6.31. The van der Waals surface area contributed by atoms with Gasteiger partial charge in [0.15, 0.2) is 11.6 Å². The zero-order chi connectivity index (χ0) is 19.3. The van der Waals surface area contributed by atoms with Gasteiger partial charge < -0.3 is 25.1 Å². The normalized spacial score (nSPS) is 21.2. The number of carboxylic acid groups (broad SMARTS) is 1. The zero-order valence-corrected chi connectivity index (χ0v) is 14.6. The number of carbonyl (C=O) groups is 1. The van der Waals surface area contributed by atoms with E-state index in [1.54, 1.807) is 9.47 Å². The van der Waals surface area contributed by atoms with Crippen LogP contribution in [0.2, 0.25) is 0 Å².